The van der Waals surface area contributed by atoms with Crippen LogP contribution in [-0.4, -0.2) is 40.2 Å². The number of nitrogens with zero attached hydrogens (tertiary/aromatic N) is 3. The third kappa shape index (κ3) is 4.72. The Morgan fingerprint density at radius 1 is 0.968 bits per heavy atom. The summed E-state index contributed by atoms with van der Waals surface area (Å²) in [5.41, 5.74) is 3.38. The van der Waals surface area contributed by atoms with Gasteiger partial charge >= 0.3 is 0 Å². The lowest BCUT2D eigenvalue weighted by Crippen LogP contribution is -2.21. The van der Waals surface area contributed by atoms with E-state index in [0.29, 0.717) is 29.2 Å². The van der Waals surface area contributed by atoms with Gasteiger partial charge in [-0.1, -0.05) is 6.07 Å². The molecule has 2 aromatic carbocycles. The van der Waals surface area contributed by atoms with Crippen LogP contribution in [-0.2, 0) is 6.61 Å². The number of imidazole rings is 1. The maximum atomic E-state index is 12.5. The number of benzene rings is 2. The zero-order valence-corrected chi connectivity index (χ0v) is 17.3. The van der Waals surface area contributed by atoms with Crippen LogP contribution in [0.1, 0.15) is 26.4 Å². The van der Waals surface area contributed by atoms with Gasteiger partial charge in [-0.2, -0.15) is 0 Å². The standard InChI is InChI=1S/C24H22N4O3/c1-27(2)24(30)18-6-10-19(11-7-18)26-23(29)17-8-12-21(13-9-17)31-16-20-15-28-14-4-3-5-22(28)25-20/h3-15H,16H2,1-2H3,(H,26,29). The van der Waals surface area contributed by atoms with Crippen molar-refractivity contribution in [2.45, 2.75) is 6.61 Å². The van der Waals surface area contributed by atoms with E-state index in [-0.39, 0.29) is 11.8 Å². The molecule has 2 aromatic heterocycles. The molecule has 4 aromatic rings. The zero-order chi connectivity index (χ0) is 21.8. The van der Waals surface area contributed by atoms with Crippen LogP contribution in [0.2, 0.25) is 0 Å². The minimum atomic E-state index is -0.237. The maximum absolute atomic E-state index is 12.5. The van der Waals surface area contributed by atoms with Gasteiger partial charge in [-0.15, -0.1) is 0 Å². The van der Waals surface area contributed by atoms with E-state index in [1.807, 2.05) is 35.0 Å². The van der Waals surface area contributed by atoms with E-state index in [9.17, 15) is 9.59 Å². The fourth-order valence-electron chi connectivity index (χ4n) is 3.07. The van der Waals surface area contributed by atoms with Gasteiger partial charge in [0, 0.05) is 43.3 Å². The van der Waals surface area contributed by atoms with Gasteiger partial charge in [0.25, 0.3) is 11.8 Å². The van der Waals surface area contributed by atoms with Crippen molar-refractivity contribution in [3.05, 3.63) is 95.9 Å². The minimum absolute atomic E-state index is 0.0860. The molecule has 7 heteroatoms. The molecule has 0 atom stereocenters. The molecule has 0 radical (unpaired) electrons. The SMILES string of the molecule is CN(C)C(=O)c1ccc(NC(=O)c2ccc(OCc3cn4ccccc4n3)cc2)cc1. The van der Waals surface area contributed by atoms with Gasteiger partial charge in [-0.25, -0.2) is 4.98 Å². The van der Waals surface area contributed by atoms with Crippen LogP contribution in [0.4, 0.5) is 5.69 Å². The normalized spacial score (nSPS) is 10.6. The predicted molar refractivity (Wildman–Crippen MR) is 118 cm³/mol. The Morgan fingerprint density at radius 3 is 2.35 bits per heavy atom. The predicted octanol–water partition coefficient (Wildman–Crippen LogP) is 3.87. The molecule has 0 fully saturated rings. The summed E-state index contributed by atoms with van der Waals surface area (Å²) >= 11 is 0. The molecule has 0 bridgehead atoms. The summed E-state index contributed by atoms with van der Waals surface area (Å²) in [6.45, 7) is 0.339. The van der Waals surface area contributed by atoms with Gasteiger partial charge in [0.05, 0.1) is 5.69 Å². The summed E-state index contributed by atoms with van der Waals surface area (Å²) in [7, 11) is 3.39. The number of carbonyl (C=O) groups excluding carboxylic acids is 2. The van der Waals surface area contributed by atoms with Crippen LogP contribution < -0.4 is 10.1 Å². The molecule has 0 aliphatic rings. The number of nitrogens with one attached hydrogen (secondary N) is 1. The number of aromatic nitrogens is 2. The minimum Gasteiger partial charge on any atom is -0.487 e. The number of rotatable bonds is 6. The van der Waals surface area contributed by atoms with Crippen LogP contribution in [0.5, 0.6) is 5.75 Å². The summed E-state index contributed by atoms with van der Waals surface area (Å²) < 4.78 is 7.73. The fourth-order valence-corrected chi connectivity index (χ4v) is 3.07. The number of carbonyl (C=O) groups is 2. The van der Waals surface area contributed by atoms with Crippen molar-refractivity contribution in [1.82, 2.24) is 14.3 Å². The molecule has 0 aliphatic carbocycles. The molecule has 4 rings (SSSR count). The first-order valence-electron chi connectivity index (χ1n) is 9.78. The van der Waals surface area contributed by atoms with Crippen molar-refractivity contribution >= 4 is 23.1 Å². The average molecular weight is 414 g/mol. The van der Waals surface area contributed by atoms with E-state index in [1.54, 1.807) is 62.6 Å². The summed E-state index contributed by atoms with van der Waals surface area (Å²) in [6.07, 6.45) is 3.86. The number of hydrogen-bond acceptors (Lipinski definition) is 4. The van der Waals surface area contributed by atoms with Crippen molar-refractivity contribution in [3.8, 4) is 5.75 Å². The molecule has 0 aliphatic heterocycles. The number of anilines is 1. The molecule has 2 heterocycles. The van der Waals surface area contributed by atoms with Crippen molar-refractivity contribution in [2.24, 2.45) is 0 Å². The van der Waals surface area contributed by atoms with E-state index in [0.717, 1.165) is 11.3 Å². The summed E-state index contributed by atoms with van der Waals surface area (Å²) in [5.74, 6) is 0.329. The van der Waals surface area contributed by atoms with Crippen LogP contribution >= 0.6 is 0 Å². The van der Waals surface area contributed by atoms with Crippen LogP contribution in [0.25, 0.3) is 5.65 Å². The Hall–Kier alpha value is -4.13. The zero-order valence-electron chi connectivity index (χ0n) is 17.3. The summed E-state index contributed by atoms with van der Waals surface area (Å²) in [6, 6.07) is 19.5. The van der Waals surface area contributed by atoms with E-state index in [1.165, 1.54) is 4.90 Å². The number of fused-ring (bicyclic) bond motifs is 1. The lowest BCUT2D eigenvalue weighted by Gasteiger charge is -2.11. The Balaban J connectivity index is 1.35. The topological polar surface area (TPSA) is 75.9 Å². The van der Waals surface area contributed by atoms with Crippen molar-refractivity contribution < 1.29 is 14.3 Å². The molecule has 31 heavy (non-hydrogen) atoms. The number of hydrogen-bond donors (Lipinski definition) is 1. The molecule has 2 amide bonds. The Bertz CT molecular complexity index is 1180. The number of ether oxygens (including phenoxy) is 1. The second-order valence-corrected chi connectivity index (χ2v) is 7.24. The highest BCUT2D eigenvalue weighted by Crippen LogP contribution is 2.17. The molecule has 0 saturated heterocycles. The quantitative estimate of drug-likeness (QED) is 0.520. The average Bonchev–Trinajstić information content (AvgIpc) is 3.21. The number of amides is 2. The van der Waals surface area contributed by atoms with Crippen LogP contribution in [0, 0.1) is 0 Å². The second-order valence-electron chi connectivity index (χ2n) is 7.24. The van der Waals surface area contributed by atoms with Gasteiger partial charge in [-0.05, 0) is 60.7 Å². The Morgan fingerprint density at radius 2 is 1.68 bits per heavy atom. The monoisotopic (exact) mass is 414 g/mol. The first-order valence-corrected chi connectivity index (χ1v) is 9.78. The van der Waals surface area contributed by atoms with Crippen LogP contribution in [0.3, 0.4) is 0 Å². The largest absolute Gasteiger partial charge is 0.487 e. The molecule has 0 saturated carbocycles. The van der Waals surface area contributed by atoms with Gasteiger partial charge in [0.1, 0.15) is 18.0 Å². The van der Waals surface area contributed by atoms with Gasteiger partial charge in [0.2, 0.25) is 0 Å². The van der Waals surface area contributed by atoms with Gasteiger partial charge in [0.15, 0.2) is 0 Å². The Labute approximate surface area is 179 Å². The second kappa shape index (κ2) is 8.71. The molecule has 0 unspecified atom stereocenters. The first-order chi connectivity index (χ1) is 15.0. The summed E-state index contributed by atoms with van der Waals surface area (Å²) in [5, 5.41) is 2.83. The van der Waals surface area contributed by atoms with Gasteiger partial charge < -0.3 is 19.4 Å². The lowest BCUT2D eigenvalue weighted by atomic mass is 10.1. The maximum Gasteiger partial charge on any atom is 0.255 e. The van der Waals surface area contributed by atoms with E-state index in [4.69, 9.17) is 4.74 Å². The smallest absolute Gasteiger partial charge is 0.255 e. The van der Waals surface area contributed by atoms with Crippen molar-refractivity contribution in [3.63, 3.8) is 0 Å². The molecule has 0 spiro atoms. The van der Waals surface area contributed by atoms with E-state index in [2.05, 4.69) is 10.3 Å². The van der Waals surface area contributed by atoms with Gasteiger partial charge in [-0.3, -0.25) is 9.59 Å². The third-order valence-corrected chi connectivity index (χ3v) is 4.71. The lowest BCUT2D eigenvalue weighted by molar-refractivity contribution is 0.0827. The molecular weight excluding hydrogens is 392 g/mol. The highest BCUT2D eigenvalue weighted by Gasteiger charge is 2.10. The van der Waals surface area contributed by atoms with Crippen molar-refractivity contribution in [1.29, 1.82) is 0 Å². The summed E-state index contributed by atoms with van der Waals surface area (Å²) in [4.78, 5) is 30.4. The van der Waals surface area contributed by atoms with Crippen molar-refractivity contribution in [2.75, 3.05) is 19.4 Å². The highest BCUT2D eigenvalue weighted by molar-refractivity contribution is 6.04. The molecule has 156 valence electrons. The first kappa shape index (κ1) is 20.2. The molecule has 1 N–H and O–H groups in total. The van der Waals surface area contributed by atoms with E-state index < -0.39 is 0 Å². The Kier molecular flexibility index (Phi) is 5.66. The fraction of sp³-hybridized carbons (Fsp3) is 0.125. The van der Waals surface area contributed by atoms with E-state index >= 15 is 0 Å². The van der Waals surface area contributed by atoms with Crippen LogP contribution in [0.15, 0.2) is 79.1 Å². The molecule has 7 nitrogen and oxygen atoms in total. The third-order valence-electron chi connectivity index (χ3n) is 4.71. The number of pyridine rings is 1. The highest BCUT2D eigenvalue weighted by atomic mass is 16.5. The molecular formula is C24H22N4O3.